The van der Waals surface area contributed by atoms with Crippen LogP contribution in [-0.4, -0.2) is 42.6 Å². The first-order chi connectivity index (χ1) is 8.65. The minimum Gasteiger partial charge on any atom is -0.384 e. The number of hydrogen-bond acceptors (Lipinski definition) is 4. The van der Waals surface area contributed by atoms with E-state index >= 15 is 0 Å². The van der Waals surface area contributed by atoms with E-state index in [1.54, 1.807) is 0 Å². The Labute approximate surface area is 110 Å². The molecule has 0 amide bonds. The summed E-state index contributed by atoms with van der Waals surface area (Å²) in [6, 6.07) is 3.94. The lowest BCUT2D eigenvalue weighted by molar-refractivity contribution is 0.243. The van der Waals surface area contributed by atoms with E-state index in [1.165, 1.54) is 18.7 Å². The van der Waals surface area contributed by atoms with Gasteiger partial charge in [0.15, 0.2) is 0 Å². The minimum atomic E-state index is 0.592. The minimum absolute atomic E-state index is 0.592. The average Bonchev–Trinajstić information content (AvgIpc) is 2.38. The highest BCUT2D eigenvalue weighted by atomic mass is 15.3. The number of piperazine rings is 1. The van der Waals surface area contributed by atoms with Crippen LogP contribution >= 0.6 is 0 Å². The van der Waals surface area contributed by atoms with Gasteiger partial charge in [-0.05, 0) is 31.0 Å². The molecule has 1 fully saturated rings. The number of nitrogens with zero attached hydrogens (tertiary/aromatic N) is 3. The van der Waals surface area contributed by atoms with E-state index in [-0.39, 0.29) is 0 Å². The van der Waals surface area contributed by atoms with Gasteiger partial charge in [-0.2, -0.15) is 0 Å². The van der Waals surface area contributed by atoms with Crippen LogP contribution in [0.1, 0.15) is 20.3 Å². The molecule has 0 spiro atoms. The van der Waals surface area contributed by atoms with Crippen LogP contribution in [0.5, 0.6) is 0 Å². The second-order valence-corrected chi connectivity index (χ2v) is 5.45. The summed E-state index contributed by atoms with van der Waals surface area (Å²) < 4.78 is 0. The molecule has 0 radical (unpaired) electrons. The summed E-state index contributed by atoms with van der Waals surface area (Å²) >= 11 is 0. The monoisotopic (exact) mass is 248 g/mol. The predicted octanol–water partition coefficient (Wildman–Crippen LogP) is 1.83. The maximum absolute atomic E-state index is 5.61. The highest BCUT2D eigenvalue weighted by Crippen LogP contribution is 2.16. The first-order valence-corrected chi connectivity index (χ1v) is 6.84. The first kappa shape index (κ1) is 13.1. The van der Waals surface area contributed by atoms with Gasteiger partial charge in [-0.25, -0.2) is 4.98 Å². The third kappa shape index (κ3) is 3.60. The second-order valence-electron chi connectivity index (χ2n) is 5.45. The zero-order chi connectivity index (χ0) is 13.0. The Morgan fingerprint density at radius 3 is 2.50 bits per heavy atom. The molecule has 0 atom stereocenters. The number of hydrogen-bond donors (Lipinski definition) is 1. The van der Waals surface area contributed by atoms with E-state index in [4.69, 9.17) is 5.73 Å². The molecular formula is C14H24N4. The summed E-state index contributed by atoms with van der Waals surface area (Å²) in [4.78, 5) is 9.10. The van der Waals surface area contributed by atoms with Gasteiger partial charge in [0.2, 0.25) is 0 Å². The largest absolute Gasteiger partial charge is 0.384 e. The Morgan fingerprint density at radius 1 is 1.22 bits per heavy atom. The highest BCUT2D eigenvalue weighted by Gasteiger charge is 2.17. The van der Waals surface area contributed by atoms with Gasteiger partial charge in [0.25, 0.3) is 0 Å². The van der Waals surface area contributed by atoms with Gasteiger partial charge in [-0.15, -0.1) is 0 Å². The smallest absolute Gasteiger partial charge is 0.123 e. The van der Waals surface area contributed by atoms with E-state index in [1.807, 2.05) is 12.3 Å². The Kier molecular flexibility index (Phi) is 4.42. The van der Waals surface area contributed by atoms with Crippen molar-refractivity contribution in [2.24, 2.45) is 5.92 Å². The fourth-order valence-corrected chi connectivity index (χ4v) is 2.26. The standard InChI is InChI=1S/C14H24N4/c1-12(2)5-6-17-7-9-18(10-8-17)13-3-4-14(15)16-11-13/h3-4,11-12H,5-10H2,1-2H3,(H2,15,16). The Morgan fingerprint density at radius 2 is 1.94 bits per heavy atom. The van der Waals surface area contributed by atoms with Crippen molar-refractivity contribution in [2.45, 2.75) is 20.3 Å². The molecule has 1 aliphatic heterocycles. The number of anilines is 2. The Bertz CT molecular complexity index is 353. The second kappa shape index (κ2) is 6.05. The zero-order valence-corrected chi connectivity index (χ0v) is 11.5. The highest BCUT2D eigenvalue weighted by molar-refractivity contribution is 5.48. The molecule has 1 aliphatic rings. The topological polar surface area (TPSA) is 45.4 Å². The normalized spacial score (nSPS) is 17.4. The van der Waals surface area contributed by atoms with Crippen molar-refractivity contribution in [3.8, 4) is 0 Å². The third-order valence-corrected chi connectivity index (χ3v) is 3.53. The zero-order valence-electron chi connectivity index (χ0n) is 11.5. The molecule has 1 aromatic heterocycles. The summed E-state index contributed by atoms with van der Waals surface area (Å²) in [5, 5.41) is 0. The van der Waals surface area contributed by atoms with Crippen molar-refractivity contribution < 1.29 is 0 Å². The fourth-order valence-electron chi connectivity index (χ4n) is 2.26. The summed E-state index contributed by atoms with van der Waals surface area (Å²) in [6.07, 6.45) is 3.17. The molecule has 0 aromatic carbocycles. The predicted molar refractivity (Wildman–Crippen MR) is 76.8 cm³/mol. The molecular weight excluding hydrogens is 224 g/mol. The SMILES string of the molecule is CC(C)CCN1CCN(c2ccc(N)nc2)CC1. The number of nitrogen functional groups attached to an aromatic ring is 1. The van der Waals surface area contributed by atoms with Crippen LogP contribution in [-0.2, 0) is 0 Å². The molecule has 4 nitrogen and oxygen atoms in total. The molecule has 0 saturated carbocycles. The molecule has 4 heteroatoms. The number of aromatic nitrogens is 1. The summed E-state index contributed by atoms with van der Waals surface area (Å²) in [6.45, 7) is 10.3. The summed E-state index contributed by atoms with van der Waals surface area (Å²) in [7, 11) is 0. The molecule has 100 valence electrons. The van der Waals surface area contributed by atoms with Crippen LogP contribution < -0.4 is 10.6 Å². The van der Waals surface area contributed by atoms with E-state index < -0.39 is 0 Å². The van der Waals surface area contributed by atoms with Crippen LogP contribution in [0.2, 0.25) is 0 Å². The van der Waals surface area contributed by atoms with Gasteiger partial charge in [-0.3, -0.25) is 4.90 Å². The van der Waals surface area contributed by atoms with Crippen molar-refractivity contribution in [3.63, 3.8) is 0 Å². The van der Waals surface area contributed by atoms with Crippen molar-refractivity contribution in [2.75, 3.05) is 43.4 Å². The molecule has 0 aliphatic carbocycles. The molecule has 18 heavy (non-hydrogen) atoms. The van der Waals surface area contributed by atoms with Crippen LogP contribution in [0.15, 0.2) is 18.3 Å². The maximum Gasteiger partial charge on any atom is 0.123 e. The van der Waals surface area contributed by atoms with Crippen molar-refractivity contribution >= 4 is 11.5 Å². The molecule has 0 bridgehead atoms. The van der Waals surface area contributed by atoms with Gasteiger partial charge in [0.1, 0.15) is 5.82 Å². The lowest BCUT2D eigenvalue weighted by Crippen LogP contribution is -2.46. The molecule has 1 saturated heterocycles. The van der Waals surface area contributed by atoms with E-state index in [0.29, 0.717) is 5.82 Å². The van der Waals surface area contributed by atoms with Gasteiger partial charge in [0, 0.05) is 26.2 Å². The lowest BCUT2D eigenvalue weighted by Gasteiger charge is -2.36. The fraction of sp³-hybridized carbons (Fsp3) is 0.643. The average molecular weight is 248 g/mol. The van der Waals surface area contributed by atoms with Crippen LogP contribution in [0, 0.1) is 5.92 Å². The Balaban J connectivity index is 1.81. The number of nitrogens with two attached hydrogens (primary N) is 1. The molecule has 2 heterocycles. The maximum atomic E-state index is 5.61. The number of pyridine rings is 1. The van der Waals surface area contributed by atoms with Crippen LogP contribution in [0.4, 0.5) is 11.5 Å². The van der Waals surface area contributed by atoms with Gasteiger partial charge >= 0.3 is 0 Å². The van der Waals surface area contributed by atoms with E-state index in [2.05, 4.69) is 34.7 Å². The van der Waals surface area contributed by atoms with Gasteiger partial charge in [0.05, 0.1) is 11.9 Å². The molecule has 0 unspecified atom stereocenters. The summed E-state index contributed by atoms with van der Waals surface area (Å²) in [5.74, 6) is 1.39. The van der Waals surface area contributed by atoms with E-state index in [9.17, 15) is 0 Å². The van der Waals surface area contributed by atoms with Crippen molar-refractivity contribution in [1.29, 1.82) is 0 Å². The van der Waals surface area contributed by atoms with E-state index in [0.717, 1.165) is 32.1 Å². The lowest BCUT2D eigenvalue weighted by atomic mass is 10.1. The van der Waals surface area contributed by atoms with Gasteiger partial charge < -0.3 is 10.6 Å². The van der Waals surface area contributed by atoms with Crippen LogP contribution in [0.3, 0.4) is 0 Å². The number of rotatable bonds is 4. The molecule has 2 N–H and O–H groups in total. The quantitative estimate of drug-likeness (QED) is 0.883. The van der Waals surface area contributed by atoms with Crippen LogP contribution in [0.25, 0.3) is 0 Å². The third-order valence-electron chi connectivity index (χ3n) is 3.53. The van der Waals surface area contributed by atoms with Crippen molar-refractivity contribution in [3.05, 3.63) is 18.3 Å². The van der Waals surface area contributed by atoms with Gasteiger partial charge in [-0.1, -0.05) is 13.8 Å². The molecule has 1 aromatic rings. The summed E-state index contributed by atoms with van der Waals surface area (Å²) in [5.41, 5.74) is 6.80. The molecule has 2 rings (SSSR count). The van der Waals surface area contributed by atoms with Crippen molar-refractivity contribution in [1.82, 2.24) is 9.88 Å². The first-order valence-electron chi connectivity index (χ1n) is 6.84. The Hall–Kier alpha value is -1.29.